The first-order valence-electron chi connectivity index (χ1n) is 4.75. The molecule has 1 rings (SSSR count). The van der Waals surface area contributed by atoms with Crippen LogP contribution in [0.5, 0.6) is 0 Å². The first kappa shape index (κ1) is 13.6. The lowest BCUT2D eigenvalue weighted by molar-refractivity contribution is 0.0685. The van der Waals surface area contributed by atoms with Crippen molar-refractivity contribution in [3.63, 3.8) is 0 Å². The van der Waals surface area contributed by atoms with Crippen LogP contribution >= 0.6 is 0 Å². The molecule has 0 heterocycles. The molecular weight excluding hydrogens is 254 g/mol. The second-order valence-corrected chi connectivity index (χ2v) is 5.44. The van der Waals surface area contributed by atoms with E-state index >= 15 is 0 Å². The fourth-order valence-electron chi connectivity index (χ4n) is 1.35. The van der Waals surface area contributed by atoms with Crippen LogP contribution in [0, 0.1) is 11.6 Å². The van der Waals surface area contributed by atoms with Crippen LogP contribution in [-0.2, 0) is 9.84 Å². The molecule has 1 N–H and O–H groups in total. The summed E-state index contributed by atoms with van der Waals surface area (Å²) in [4.78, 5) is 9.83. The molecule has 0 aliphatic heterocycles. The molecule has 7 heteroatoms. The molecule has 0 unspecified atom stereocenters. The second kappa shape index (κ2) is 4.79. The van der Waals surface area contributed by atoms with E-state index in [9.17, 15) is 22.0 Å². The normalized spacial score (nSPS) is 11.5. The summed E-state index contributed by atoms with van der Waals surface area (Å²) in [5.74, 6) is -5.01. The van der Waals surface area contributed by atoms with Gasteiger partial charge in [0, 0.05) is 0 Å². The van der Waals surface area contributed by atoms with E-state index in [-0.39, 0.29) is 12.2 Å². The van der Waals surface area contributed by atoms with Crippen molar-refractivity contribution in [1.82, 2.24) is 0 Å². The number of carbonyl (C=O) groups is 1. The van der Waals surface area contributed by atoms with Crippen molar-refractivity contribution < 1.29 is 27.1 Å². The molecule has 0 fully saturated rings. The predicted molar refractivity (Wildman–Crippen MR) is 55.7 cm³/mol. The minimum atomic E-state index is -3.92. The van der Waals surface area contributed by atoms with Gasteiger partial charge in [-0.2, -0.15) is 0 Å². The molecule has 1 aromatic carbocycles. The molecule has 0 saturated heterocycles. The summed E-state index contributed by atoms with van der Waals surface area (Å²) in [5.41, 5.74) is -1.25. The highest BCUT2D eigenvalue weighted by Gasteiger charge is 2.26. The van der Waals surface area contributed by atoms with Crippen LogP contribution in [0.2, 0.25) is 0 Å². The second-order valence-electron chi connectivity index (χ2n) is 3.36. The molecule has 94 valence electrons. The summed E-state index contributed by atoms with van der Waals surface area (Å²) in [7, 11) is -3.92. The van der Waals surface area contributed by atoms with Gasteiger partial charge in [-0.05, 0) is 18.6 Å². The first-order valence-corrected chi connectivity index (χ1v) is 6.40. The number of carboxylic acids is 1. The fraction of sp³-hybridized carbons (Fsp3) is 0.300. The van der Waals surface area contributed by atoms with Gasteiger partial charge in [0.2, 0.25) is 0 Å². The standard InChI is InChI=1S/C10H10F2O4S/c1-2-5-17(15,16)7-4-3-6(11)8(9(7)12)10(13)14/h3-4H,2,5H2,1H3,(H,13,14). The Morgan fingerprint density at radius 2 is 1.94 bits per heavy atom. The zero-order valence-electron chi connectivity index (χ0n) is 8.91. The maximum Gasteiger partial charge on any atom is 0.341 e. The summed E-state index contributed by atoms with van der Waals surface area (Å²) in [6.07, 6.45) is 0.252. The topological polar surface area (TPSA) is 71.4 Å². The molecule has 1 aromatic rings. The van der Waals surface area contributed by atoms with Crippen LogP contribution in [0.25, 0.3) is 0 Å². The third-order valence-corrected chi connectivity index (χ3v) is 4.01. The lowest BCUT2D eigenvalue weighted by Crippen LogP contribution is -2.13. The Kier molecular flexibility index (Phi) is 3.82. The summed E-state index contributed by atoms with van der Waals surface area (Å²) >= 11 is 0. The lowest BCUT2D eigenvalue weighted by Gasteiger charge is -2.07. The van der Waals surface area contributed by atoms with Crippen LogP contribution in [0.4, 0.5) is 8.78 Å². The quantitative estimate of drug-likeness (QED) is 0.842. The number of halogens is 2. The average Bonchev–Trinajstić information content (AvgIpc) is 2.15. The molecule has 0 spiro atoms. The van der Waals surface area contributed by atoms with Gasteiger partial charge in [-0.1, -0.05) is 6.92 Å². The number of hydrogen-bond acceptors (Lipinski definition) is 3. The van der Waals surface area contributed by atoms with E-state index in [4.69, 9.17) is 5.11 Å². The van der Waals surface area contributed by atoms with Crippen LogP contribution in [0.3, 0.4) is 0 Å². The molecular formula is C10H10F2O4S. The molecule has 0 radical (unpaired) electrons. The van der Waals surface area contributed by atoms with E-state index in [1.54, 1.807) is 6.92 Å². The van der Waals surface area contributed by atoms with Crippen molar-refractivity contribution in [3.8, 4) is 0 Å². The highest BCUT2D eigenvalue weighted by atomic mass is 32.2. The van der Waals surface area contributed by atoms with Gasteiger partial charge in [-0.3, -0.25) is 0 Å². The van der Waals surface area contributed by atoms with E-state index in [0.717, 1.165) is 6.07 Å². The minimum absolute atomic E-state index is 0.252. The van der Waals surface area contributed by atoms with Gasteiger partial charge in [0.25, 0.3) is 0 Å². The van der Waals surface area contributed by atoms with Crippen LogP contribution in [0.1, 0.15) is 23.7 Å². The Labute approximate surface area is 96.8 Å². The third-order valence-electron chi connectivity index (χ3n) is 2.08. The average molecular weight is 264 g/mol. The predicted octanol–water partition coefficient (Wildman–Crippen LogP) is 1.85. The highest BCUT2D eigenvalue weighted by Crippen LogP contribution is 2.22. The van der Waals surface area contributed by atoms with Crippen LogP contribution < -0.4 is 0 Å². The van der Waals surface area contributed by atoms with Crippen molar-refractivity contribution in [1.29, 1.82) is 0 Å². The first-order chi connectivity index (χ1) is 7.81. The van der Waals surface area contributed by atoms with Crippen LogP contribution in [-0.4, -0.2) is 25.2 Å². The largest absolute Gasteiger partial charge is 0.477 e. The summed E-state index contributed by atoms with van der Waals surface area (Å²) in [6, 6.07) is 1.37. The number of aromatic carboxylic acids is 1. The fourth-order valence-corrected chi connectivity index (χ4v) is 2.76. The van der Waals surface area contributed by atoms with Crippen molar-refractivity contribution in [3.05, 3.63) is 29.3 Å². The number of benzene rings is 1. The highest BCUT2D eigenvalue weighted by molar-refractivity contribution is 7.91. The van der Waals surface area contributed by atoms with Gasteiger partial charge < -0.3 is 5.11 Å². The number of hydrogen-bond donors (Lipinski definition) is 1. The number of carboxylic acid groups (broad SMARTS) is 1. The maximum absolute atomic E-state index is 13.6. The Balaban J connectivity index is 3.49. The molecule has 0 amide bonds. The smallest absolute Gasteiger partial charge is 0.341 e. The zero-order valence-corrected chi connectivity index (χ0v) is 9.72. The monoisotopic (exact) mass is 264 g/mol. The Bertz CT molecular complexity index is 552. The summed E-state index contributed by atoms with van der Waals surface area (Å²) in [6.45, 7) is 1.58. The van der Waals surface area contributed by atoms with Gasteiger partial charge in [-0.15, -0.1) is 0 Å². The van der Waals surface area contributed by atoms with Crippen molar-refractivity contribution in [2.24, 2.45) is 0 Å². The third kappa shape index (κ3) is 2.60. The zero-order chi connectivity index (χ0) is 13.2. The Morgan fingerprint density at radius 1 is 1.35 bits per heavy atom. The summed E-state index contributed by atoms with van der Waals surface area (Å²) in [5, 5.41) is 8.59. The molecule has 0 aliphatic rings. The van der Waals surface area contributed by atoms with E-state index < -0.39 is 37.9 Å². The van der Waals surface area contributed by atoms with Crippen molar-refractivity contribution >= 4 is 15.8 Å². The van der Waals surface area contributed by atoms with Crippen LogP contribution in [0.15, 0.2) is 17.0 Å². The molecule has 0 bridgehead atoms. The molecule has 0 aliphatic carbocycles. The van der Waals surface area contributed by atoms with Gasteiger partial charge >= 0.3 is 5.97 Å². The van der Waals surface area contributed by atoms with E-state index in [0.29, 0.717) is 6.07 Å². The lowest BCUT2D eigenvalue weighted by atomic mass is 10.2. The van der Waals surface area contributed by atoms with Gasteiger partial charge in [-0.25, -0.2) is 22.0 Å². The molecule has 0 atom stereocenters. The van der Waals surface area contributed by atoms with Gasteiger partial charge in [0.1, 0.15) is 16.3 Å². The Morgan fingerprint density at radius 3 is 2.41 bits per heavy atom. The van der Waals surface area contributed by atoms with Gasteiger partial charge in [0.05, 0.1) is 5.75 Å². The number of sulfone groups is 1. The molecule has 0 aromatic heterocycles. The Hall–Kier alpha value is -1.50. The van der Waals surface area contributed by atoms with Crippen molar-refractivity contribution in [2.75, 3.05) is 5.75 Å². The van der Waals surface area contributed by atoms with E-state index in [1.165, 1.54) is 0 Å². The minimum Gasteiger partial charge on any atom is -0.477 e. The van der Waals surface area contributed by atoms with Gasteiger partial charge in [0.15, 0.2) is 15.7 Å². The molecule has 17 heavy (non-hydrogen) atoms. The molecule has 0 saturated carbocycles. The van der Waals surface area contributed by atoms with Crippen molar-refractivity contribution in [2.45, 2.75) is 18.2 Å². The SMILES string of the molecule is CCCS(=O)(=O)c1ccc(F)c(C(=O)O)c1F. The van der Waals surface area contributed by atoms with E-state index in [1.807, 2.05) is 0 Å². The maximum atomic E-state index is 13.6. The summed E-state index contributed by atoms with van der Waals surface area (Å²) < 4.78 is 49.8. The molecule has 4 nitrogen and oxygen atoms in total. The van der Waals surface area contributed by atoms with E-state index in [2.05, 4.69) is 0 Å². The number of rotatable bonds is 4.